The van der Waals surface area contributed by atoms with Crippen LogP contribution in [-0.4, -0.2) is 14.5 Å². The molecule has 0 bridgehead atoms. The van der Waals surface area contributed by atoms with E-state index in [1.807, 2.05) is 6.92 Å². The summed E-state index contributed by atoms with van der Waals surface area (Å²) < 4.78 is 8.61. The fourth-order valence-corrected chi connectivity index (χ4v) is 1.65. The Morgan fingerprint density at radius 2 is 2.50 bits per heavy atom. The first-order valence-electron chi connectivity index (χ1n) is 3.98. The van der Waals surface area contributed by atoms with Gasteiger partial charge in [0.25, 0.3) is 0 Å². The van der Waals surface area contributed by atoms with Gasteiger partial charge in [-0.05, 0) is 18.5 Å². The third-order valence-electron chi connectivity index (χ3n) is 1.77. The molecule has 0 atom stereocenters. The maximum Gasteiger partial charge on any atom is 0.213 e. The van der Waals surface area contributed by atoms with Gasteiger partial charge in [0.15, 0.2) is 5.82 Å². The molecule has 0 aromatic carbocycles. The normalized spacial score (nSPS) is 10.4. The Labute approximate surface area is 84.3 Å². The van der Waals surface area contributed by atoms with Gasteiger partial charge in [-0.25, -0.2) is 0 Å². The molecule has 0 fully saturated rings. The second-order valence-electron chi connectivity index (χ2n) is 2.72. The number of nitrogens with two attached hydrogens (primary N) is 1. The first-order valence-corrected chi connectivity index (χ1v) is 4.75. The average Bonchev–Trinajstić information content (AvgIpc) is 2.77. The van der Waals surface area contributed by atoms with E-state index in [1.54, 1.807) is 0 Å². The van der Waals surface area contributed by atoms with Gasteiger partial charge in [0.05, 0.1) is 6.54 Å². The average molecular weight is 211 g/mol. The zero-order valence-corrected chi connectivity index (χ0v) is 8.34. The van der Waals surface area contributed by atoms with E-state index < -0.39 is 0 Å². The molecule has 0 aliphatic heterocycles. The molecule has 0 spiro atoms. The van der Waals surface area contributed by atoms with Crippen molar-refractivity contribution in [1.82, 2.24) is 14.5 Å². The van der Waals surface area contributed by atoms with Crippen LogP contribution in [-0.2, 0) is 6.54 Å². The van der Waals surface area contributed by atoms with Crippen LogP contribution in [0.3, 0.4) is 0 Å². The molecule has 2 heterocycles. The predicted octanol–water partition coefficient (Wildman–Crippen LogP) is 1.03. The van der Waals surface area contributed by atoms with E-state index in [9.17, 15) is 0 Å². The molecule has 2 aromatic heterocycles. The molecule has 0 aliphatic carbocycles. The van der Waals surface area contributed by atoms with Crippen LogP contribution < -0.4 is 11.1 Å². The molecule has 3 N–H and O–H groups in total. The molecular formula is C7H9N5OS. The van der Waals surface area contributed by atoms with Gasteiger partial charge >= 0.3 is 0 Å². The Morgan fingerprint density at radius 1 is 1.64 bits per heavy atom. The Kier molecular flexibility index (Phi) is 2.32. The molecule has 0 saturated heterocycles. The van der Waals surface area contributed by atoms with Crippen LogP contribution in [0.1, 0.15) is 11.4 Å². The molecule has 0 amide bonds. The van der Waals surface area contributed by atoms with Crippen LogP contribution in [0.15, 0.2) is 10.9 Å². The van der Waals surface area contributed by atoms with E-state index in [4.69, 9.17) is 5.73 Å². The summed E-state index contributed by atoms with van der Waals surface area (Å²) in [5.41, 5.74) is 6.56. The monoisotopic (exact) mass is 211 g/mol. The molecule has 0 unspecified atom stereocenters. The summed E-state index contributed by atoms with van der Waals surface area (Å²) in [5.74, 6) is 1.17. The zero-order chi connectivity index (χ0) is 9.97. The van der Waals surface area contributed by atoms with Crippen molar-refractivity contribution in [2.45, 2.75) is 13.5 Å². The highest BCUT2D eigenvalue weighted by molar-refractivity contribution is 7.10. The van der Waals surface area contributed by atoms with E-state index in [1.165, 1.54) is 17.9 Å². The van der Waals surface area contributed by atoms with E-state index in [0.29, 0.717) is 18.2 Å². The molecule has 2 rings (SSSR count). The van der Waals surface area contributed by atoms with Crippen LogP contribution >= 0.6 is 11.5 Å². The third-order valence-corrected chi connectivity index (χ3v) is 2.70. The minimum atomic E-state index is 0.513. The van der Waals surface area contributed by atoms with Crippen molar-refractivity contribution in [2.75, 3.05) is 11.1 Å². The Bertz CT molecular complexity index is 410. The van der Waals surface area contributed by atoms with E-state index >= 15 is 0 Å². The van der Waals surface area contributed by atoms with Gasteiger partial charge in [-0.1, -0.05) is 5.16 Å². The van der Waals surface area contributed by atoms with Gasteiger partial charge in [0.1, 0.15) is 10.8 Å². The maximum absolute atomic E-state index is 5.60. The van der Waals surface area contributed by atoms with Crippen LogP contribution in [0, 0.1) is 6.92 Å². The zero-order valence-electron chi connectivity index (χ0n) is 7.52. The van der Waals surface area contributed by atoms with E-state index in [-0.39, 0.29) is 0 Å². The topological polar surface area (TPSA) is 89.9 Å². The maximum atomic E-state index is 5.60. The van der Waals surface area contributed by atoms with E-state index in [0.717, 1.165) is 10.6 Å². The molecule has 14 heavy (non-hydrogen) atoms. The van der Waals surface area contributed by atoms with Gasteiger partial charge in [-0.2, -0.15) is 9.36 Å². The van der Waals surface area contributed by atoms with Crippen LogP contribution in [0.2, 0.25) is 0 Å². The van der Waals surface area contributed by atoms with Crippen molar-refractivity contribution in [3.63, 3.8) is 0 Å². The van der Waals surface area contributed by atoms with Crippen LogP contribution in [0.25, 0.3) is 0 Å². The first-order chi connectivity index (χ1) is 6.77. The quantitative estimate of drug-likeness (QED) is 0.788. The van der Waals surface area contributed by atoms with Crippen LogP contribution in [0.5, 0.6) is 0 Å². The Balaban J connectivity index is 2.02. The van der Waals surface area contributed by atoms with Gasteiger partial charge in [0, 0.05) is 5.56 Å². The van der Waals surface area contributed by atoms with Crippen molar-refractivity contribution >= 4 is 22.4 Å². The van der Waals surface area contributed by atoms with Gasteiger partial charge < -0.3 is 15.6 Å². The lowest BCUT2D eigenvalue weighted by atomic mass is 10.3. The molecule has 0 radical (unpaired) electrons. The number of aromatic nitrogens is 3. The summed E-state index contributed by atoms with van der Waals surface area (Å²) in [7, 11) is 0. The number of nitrogens with zero attached hydrogens (tertiary/aromatic N) is 3. The second kappa shape index (κ2) is 3.62. The SMILES string of the molecule is Cc1c(N)nsc1NCc1ncon1. The van der Waals surface area contributed by atoms with Crippen molar-refractivity contribution in [2.24, 2.45) is 0 Å². The van der Waals surface area contributed by atoms with Crippen molar-refractivity contribution in [3.05, 3.63) is 17.8 Å². The smallest absolute Gasteiger partial charge is 0.213 e. The molecule has 74 valence electrons. The first kappa shape index (κ1) is 8.95. The molecule has 2 aromatic rings. The summed E-state index contributed by atoms with van der Waals surface area (Å²) >= 11 is 1.33. The van der Waals surface area contributed by atoms with Gasteiger partial charge in [0.2, 0.25) is 6.39 Å². The van der Waals surface area contributed by atoms with Crippen molar-refractivity contribution < 1.29 is 4.52 Å². The third kappa shape index (κ3) is 1.67. The second-order valence-corrected chi connectivity index (χ2v) is 3.50. The van der Waals surface area contributed by atoms with Gasteiger partial charge in [-0.3, -0.25) is 0 Å². The summed E-state index contributed by atoms with van der Waals surface area (Å²) in [5, 5.41) is 7.74. The molecule has 6 nitrogen and oxygen atoms in total. The number of anilines is 2. The molecule has 0 aliphatic rings. The number of hydrogen-bond donors (Lipinski definition) is 2. The molecule has 7 heteroatoms. The highest BCUT2D eigenvalue weighted by Gasteiger charge is 2.06. The van der Waals surface area contributed by atoms with Crippen molar-refractivity contribution in [1.29, 1.82) is 0 Å². The standard InChI is InChI=1S/C7H9N5OS/c1-4-6(8)12-14-7(4)9-2-5-10-3-13-11-5/h3,9H,2H2,1H3,(H2,8,12). The predicted molar refractivity (Wildman–Crippen MR) is 52.9 cm³/mol. The fraction of sp³-hybridized carbons (Fsp3) is 0.286. The largest absolute Gasteiger partial charge is 0.383 e. The Hall–Kier alpha value is -1.63. The Morgan fingerprint density at radius 3 is 3.07 bits per heavy atom. The number of rotatable bonds is 3. The lowest BCUT2D eigenvalue weighted by molar-refractivity contribution is 0.411. The summed E-state index contributed by atoms with van der Waals surface area (Å²) in [6, 6.07) is 0. The minimum Gasteiger partial charge on any atom is -0.383 e. The van der Waals surface area contributed by atoms with Gasteiger partial charge in [-0.15, -0.1) is 0 Å². The van der Waals surface area contributed by atoms with Crippen molar-refractivity contribution in [3.8, 4) is 0 Å². The lowest BCUT2D eigenvalue weighted by Crippen LogP contribution is -2.00. The highest BCUT2D eigenvalue weighted by Crippen LogP contribution is 2.25. The summed E-state index contributed by atoms with van der Waals surface area (Å²) in [6.45, 7) is 2.43. The van der Waals surface area contributed by atoms with E-state index in [2.05, 4.69) is 24.4 Å². The fourth-order valence-electron chi connectivity index (χ4n) is 0.943. The molecule has 0 saturated carbocycles. The highest BCUT2D eigenvalue weighted by atomic mass is 32.1. The molecular weight excluding hydrogens is 202 g/mol. The number of nitrogen functional groups attached to an aromatic ring is 1. The number of hydrogen-bond acceptors (Lipinski definition) is 7. The summed E-state index contributed by atoms with van der Waals surface area (Å²) in [6.07, 6.45) is 1.30. The van der Waals surface area contributed by atoms with Crippen LogP contribution in [0.4, 0.5) is 10.8 Å². The number of nitrogens with one attached hydrogen (secondary N) is 1. The lowest BCUT2D eigenvalue weighted by Gasteiger charge is -1.99. The minimum absolute atomic E-state index is 0.513. The summed E-state index contributed by atoms with van der Waals surface area (Å²) in [4.78, 5) is 3.88.